The standard InChI is InChI=1S/C26H32N2O4S/c1-2-15-27-33(30,31)18-26-13-7-12-24(26)28(16-14-26)25(29)32-17-23-21-10-5-3-8-19(21)20-9-4-6-11-22(20)23/h3-6,8-11,23-24,27H,2,7,12-18H2,1H3. The molecule has 2 fully saturated rings. The molecule has 1 heterocycles. The van der Waals surface area contributed by atoms with E-state index in [9.17, 15) is 13.2 Å². The topological polar surface area (TPSA) is 75.7 Å². The van der Waals surface area contributed by atoms with Crippen molar-refractivity contribution in [2.75, 3.05) is 25.4 Å². The summed E-state index contributed by atoms with van der Waals surface area (Å²) in [5.41, 5.74) is 4.43. The maximum atomic E-state index is 13.2. The number of rotatable bonds is 7. The van der Waals surface area contributed by atoms with Crippen molar-refractivity contribution in [1.82, 2.24) is 9.62 Å². The van der Waals surface area contributed by atoms with E-state index >= 15 is 0 Å². The lowest BCUT2D eigenvalue weighted by molar-refractivity contribution is 0.0886. The first-order chi connectivity index (χ1) is 15.9. The van der Waals surface area contributed by atoms with E-state index in [1.54, 1.807) is 4.90 Å². The summed E-state index contributed by atoms with van der Waals surface area (Å²) in [5.74, 6) is 0.119. The van der Waals surface area contributed by atoms with Crippen LogP contribution in [0, 0.1) is 5.41 Å². The normalized spacial score (nSPS) is 23.9. The third-order valence-corrected chi connectivity index (χ3v) is 9.30. The highest BCUT2D eigenvalue weighted by molar-refractivity contribution is 7.89. The van der Waals surface area contributed by atoms with Gasteiger partial charge in [0.2, 0.25) is 10.0 Å². The van der Waals surface area contributed by atoms with Crippen LogP contribution in [-0.4, -0.2) is 50.9 Å². The first kappa shape index (κ1) is 22.4. The third-order valence-electron chi connectivity index (χ3n) is 7.71. The van der Waals surface area contributed by atoms with Crippen LogP contribution in [0.2, 0.25) is 0 Å². The Balaban J connectivity index is 1.29. The fraction of sp³-hybridized carbons (Fsp3) is 0.500. The lowest BCUT2D eigenvalue weighted by Crippen LogP contribution is -2.44. The van der Waals surface area contributed by atoms with Crippen LogP contribution in [0.25, 0.3) is 11.1 Å². The molecule has 0 bridgehead atoms. The predicted octanol–water partition coefficient (Wildman–Crippen LogP) is 4.51. The summed E-state index contributed by atoms with van der Waals surface area (Å²) in [6.45, 7) is 3.26. The van der Waals surface area contributed by atoms with Crippen molar-refractivity contribution in [3.63, 3.8) is 0 Å². The molecule has 0 radical (unpaired) electrons. The highest BCUT2D eigenvalue weighted by atomic mass is 32.2. The molecule has 3 aliphatic rings. The maximum Gasteiger partial charge on any atom is 0.410 e. The Hall–Kier alpha value is -2.38. The number of nitrogens with zero attached hydrogens (tertiary/aromatic N) is 1. The number of sulfonamides is 1. The van der Waals surface area contributed by atoms with Gasteiger partial charge in [-0.05, 0) is 47.9 Å². The smallest absolute Gasteiger partial charge is 0.410 e. The molecule has 6 nitrogen and oxygen atoms in total. The minimum Gasteiger partial charge on any atom is -0.448 e. The Morgan fingerprint density at radius 2 is 1.76 bits per heavy atom. The molecule has 0 spiro atoms. The van der Waals surface area contributed by atoms with E-state index in [0.29, 0.717) is 19.7 Å². The average molecular weight is 469 g/mol. The highest BCUT2D eigenvalue weighted by Gasteiger charge is 2.54. The Morgan fingerprint density at radius 1 is 1.09 bits per heavy atom. The number of ether oxygens (including phenoxy) is 1. The predicted molar refractivity (Wildman–Crippen MR) is 129 cm³/mol. The number of benzene rings is 2. The number of amides is 1. The van der Waals surface area contributed by atoms with Crippen molar-refractivity contribution < 1.29 is 17.9 Å². The number of hydrogen-bond donors (Lipinski definition) is 1. The Morgan fingerprint density at radius 3 is 2.42 bits per heavy atom. The van der Waals surface area contributed by atoms with Gasteiger partial charge in [-0.2, -0.15) is 0 Å². The summed E-state index contributed by atoms with van der Waals surface area (Å²) in [4.78, 5) is 15.0. The zero-order chi connectivity index (χ0) is 23.1. The highest BCUT2D eigenvalue weighted by Crippen LogP contribution is 2.50. The molecule has 1 saturated heterocycles. The zero-order valence-corrected chi connectivity index (χ0v) is 19.9. The van der Waals surface area contributed by atoms with Crippen molar-refractivity contribution in [2.24, 2.45) is 5.41 Å². The largest absolute Gasteiger partial charge is 0.448 e. The van der Waals surface area contributed by atoms with Gasteiger partial charge in [0.05, 0.1) is 5.75 Å². The van der Waals surface area contributed by atoms with Crippen LogP contribution >= 0.6 is 0 Å². The molecule has 2 aliphatic carbocycles. The van der Waals surface area contributed by atoms with E-state index in [1.807, 2.05) is 31.2 Å². The van der Waals surface area contributed by atoms with Crippen LogP contribution in [0.5, 0.6) is 0 Å². The maximum absolute atomic E-state index is 13.2. The summed E-state index contributed by atoms with van der Waals surface area (Å²) in [5, 5.41) is 0. The molecule has 1 N–H and O–H groups in total. The summed E-state index contributed by atoms with van der Waals surface area (Å²) in [6, 6.07) is 16.5. The minimum absolute atomic E-state index is 0.0240. The molecule has 1 saturated carbocycles. The SMILES string of the molecule is CCCNS(=O)(=O)CC12CCCC1N(C(=O)OCC1c3ccccc3-c3ccccc31)CC2. The van der Waals surface area contributed by atoms with Crippen LogP contribution in [0.15, 0.2) is 48.5 Å². The first-order valence-electron chi connectivity index (χ1n) is 12.0. The van der Waals surface area contributed by atoms with Crippen molar-refractivity contribution >= 4 is 16.1 Å². The van der Waals surface area contributed by atoms with Crippen LogP contribution < -0.4 is 4.72 Å². The van der Waals surface area contributed by atoms with E-state index < -0.39 is 10.0 Å². The lowest BCUT2D eigenvalue weighted by atomic mass is 9.84. The number of nitrogens with one attached hydrogen (secondary N) is 1. The molecule has 0 aromatic heterocycles. The van der Waals surface area contributed by atoms with E-state index in [-0.39, 0.29) is 29.2 Å². The van der Waals surface area contributed by atoms with Gasteiger partial charge in [0.15, 0.2) is 0 Å². The van der Waals surface area contributed by atoms with Gasteiger partial charge >= 0.3 is 6.09 Å². The summed E-state index contributed by atoms with van der Waals surface area (Å²) in [7, 11) is -3.36. The monoisotopic (exact) mass is 468 g/mol. The van der Waals surface area contributed by atoms with Gasteiger partial charge in [0.1, 0.15) is 6.61 Å². The number of carbonyl (C=O) groups is 1. The van der Waals surface area contributed by atoms with Crippen LogP contribution in [0.4, 0.5) is 4.79 Å². The fourth-order valence-corrected chi connectivity index (χ4v) is 8.08. The van der Waals surface area contributed by atoms with E-state index in [2.05, 4.69) is 29.0 Å². The van der Waals surface area contributed by atoms with Crippen molar-refractivity contribution in [3.05, 3.63) is 59.7 Å². The van der Waals surface area contributed by atoms with Crippen LogP contribution in [0.3, 0.4) is 0 Å². The van der Waals surface area contributed by atoms with Crippen molar-refractivity contribution in [1.29, 1.82) is 0 Å². The summed E-state index contributed by atoms with van der Waals surface area (Å²) < 4.78 is 33.9. The van der Waals surface area contributed by atoms with Gasteiger partial charge in [-0.15, -0.1) is 0 Å². The van der Waals surface area contributed by atoms with Crippen LogP contribution in [-0.2, 0) is 14.8 Å². The van der Waals surface area contributed by atoms with Crippen LogP contribution in [0.1, 0.15) is 56.1 Å². The summed E-state index contributed by atoms with van der Waals surface area (Å²) in [6.07, 6.45) is 3.80. The van der Waals surface area contributed by atoms with Gasteiger partial charge in [-0.1, -0.05) is 61.9 Å². The zero-order valence-electron chi connectivity index (χ0n) is 19.1. The van der Waals surface area contributed by atoms with Gasteiger partial charge in [0.25, 0.3) is 0 Å². The number of fused-ring (bicyclic) bond motifs is 4. The second-order valence-electron chi connectivity index (χ2n) is 9.67. The fourth-order valence-electron chi connectivity index (χ4n) is 6.22. The average Bonchev–Trinajstić information content (AvgIpc) is 3.45. The second kappa shape index (κ2) is 8.76. The number of hydrogen-bond acceptors (Lipinski definition) is 4. The quantitative estimate of drug-likeness (QED) is 0.649. The molecule has 2 unspecified atom stereocenters. The van der Waals surface area contributed by atoms with Gasteiger partial charge in [-0.25, -0.2) is 17.9 Å². The third kappa shape index (κ3) is 4.06. The Kier molecular flexibility index (Phi) is 5.95. The number of likely N-dealkylation sites (tertiary alicyclic amines) is 1. The minimum atomic E-state index is -3.36. The lowest BCUT2D eigenvalue weighted by Gasteiger charge is -2.32. The Bertz CT molecular complexity index is 1100. The molecule has 1 amide bonds. The molecule has 5 rings (SSSR count). The molecule has 2 aromatic rings. The molecular formula is C26H32N2O4S. The van der Waals surface area contributed by atoms with E-state index in [0.717, 1.165) is 32.1 Å². The van der Waals surface area contributed by atoms with E-state index in [4.69, 9.17) is 4.74 Å². The van der Waals surface area contributed by atoms with Gasteiger partial charge in [0, 0.05) is 30.5 Å². The molecule has 2 aromatic carbocycles. The van der Waals surface area contributed by atoms with Gasteiger partial charge < -0.3 is 9.64 Å². The molecular weight excluding hydrogens is 436 g/mol. The number of carbonyl (C=O) groups excluding carboxylic acids is 1. The van der Waals surface area contributed by atoms with E-state index in [1.165, 1.54) is 22.3 Å². The molecule has 7 heteroatoms. The molecule has 176 valence electrons. The van der Waals surface area contributed by atoms with Gasteiger partial charge in [-0.3, -0.25) is 0 Å². The molecule has 1 aliphatic heterocycles. The van der Waals surface area contributed by atoms with Crippen molar-refractivity contribution in [3.8, 4) is 11.1 Å². The molecule has 33 heavy (non-hydrogen) atoms. The first-order valence-corrected chi connectivity index (χ1v) is 13.7. The second-order valence-corrected chi connectivity index (χ2v) is 11.5. The molecule has 2 atom stereocenters. The Labute approximate surface area is 196 Å². The summed E-state index contributed by atoms with van der Waals surface area (Å²) >= 11 is 0. The van der Waals surface area contributed by atoms with Crippen molar-refractivity contribution in [2.45, 2.75) is 51.0 Å².